The van der Waals surface area contributed by atoms with E-state index in [9.17, 15) is 18.0 Å². The first-order valence-corrected chi connectivity index (χ1v) is 12.6. The van der Waals surface area contributed by atoms with E-state index in [2.05, 4.69) is 15.6 Å². The zero-order valence-electron chi connectivity index (χ0n) is 19.5. The lowest BCUT2D eigenvalue weighted by Gasteiger charge is -2.19. The van der Waals surface area contributed by atoms with Crippen LogP contribution in [0.4, 0.5) is 5.69 Å². The van der Waals surface area contributed by atoms with Crippen molar-refractivity contribution in [2.45, 2.75) is 38.1 Å². The van der Waals surface area contributed by atoms with Gasteiger partial charge in [0.1, 0.15) is 11.7 Å². The quantitative estimate of drug-likeness (QED) is 0.510. The van der Waals surface area contributed by atoms with E-state index in [4.69, 9.17) is 0 Å². The summed E-state index contributed by atoms with van der Waals surface area (Å²) in [5, 5.41) is 5.53. The number of aromatic nitrogens is 1. The van der Waals surface area contributed by atoms with Gasteiger partial charge < -0.3 is 10.6 Å². The minimum absolute atomic E-state index is 0.0183. The third-order valence-electron chi connectivity index (χ3n) is 4.91. The van der Waals surface area contributed by atoms with Crippen molar-refractivity contribution in [1.29, 1.82) is 0 Å². The first-order chi connectivity index (χ1) is 16.0. The second-order valence-corrected chi connectivity index (χ2v) is 11.3. The van der Waals surface area contributed by atoms with Crippen LogP contribution in [0.3, 0.4) is 0 Å². The number of sulfone groups is 1. The normalized spacial score (nSPS) is 12.6. The molecule has 0 fully saturated rings. The summed E-state index contributed by atoms with van der Waals surface area (Å²) in [7, 11) is -3.44. The summed E-state index contributed by atoms with van der Waals surface area (Å²) in [4.78, 5) is 30.0. The Morgan fingerprint density at radius 3 is 2.15 bits per heavy atom. The Labute approximate surface area is 200 Å². The van der Waals surface area contributed by atoms with Crippen molar-refractivity contribution in [3.05, 3.63) is 90.3 Å². The van der Waals surface area contributed by atoms with Crippen LogP contribution >= 0.6 is 0 Å². The highest BCUT2D eigenvalue weighted by Gasteiger charge is 2.25. The Balaban J connectivity index is 1.76. The van der Waals surface area contributed by atoms with Crippen LogP contribution in [-0.2, 0) is 21.1 Å². The fourth-order valence-corrected chi connectivity index (χ4v) is 5.27. The van der Waals surface area contributed by atoms with Gasteiger partial charge in [-0.1, -0.05) is 57.2 Å². The maximum absolute atomic E-state index is 13.1. The molecule has 0 aliphatic heterocycles. The van der Waals surface area contributed by atoms with E-state index >= 15 is 0 Å². The lowest BCUT2D eigenvalue weighted by molar-refractivity contribution is -0.118. The van der Waals surface area contributed by atoms with E-state index in [0.29, 0.717) is 5.69 Å². The van der Waals surface area contributed by atoms with Crippen LogP contribution in [-0.4, -0.2) is 37.0 Å². The topological polar surface area (TPSA) is 105 Å². The summed E-state index contributed by atoms with van der Waals surface area (Å²) >= 11 is 0. The number of anilines is 1. The van der Waals surface area contributed by atoms with Crippen LogP contribution in [0.25, 0.3) is 0 Å². The van der Waals surface area contributed by atoms with Crippen molar-refractivity contribution in [2.75, 3.05) is 11.1 Å². The van der Waals surface area contributed by atoms with Gasteiger partial charge in [0.25, 0.3) is 5.91 Å². The molecular weight excluding hydrogens is 450 g/mol. The van der Waals surface area contributed by atoms with E-state index < -0.39 is 27.7 Å². The van der Waals surface area contributed by atoms with Crippen LogP contribution in [0, 0.1) is 5.41 Å². The number of carbonyl (C=O) groups excluding carboxylic acids is 2. The van der Waals surface area contributed by atoms with Gasteiger partial charge in [-0.2, -0.15) is 0 Å². The molecule has 34 heavy (non-hydrogen) atoms. The average Bonchev–Trinajstić information content (AvgIpc) is 2.78. The molecule has 3 rings (SSSR count). The van der Waals surface area contributed by atoms with Gasteiger partial charge in [-0.05, 0) is 47.4 Å². The molecule has 8 heteroatoms. The number of hydrogen-bond acceptors (Lipinski definition) is 5. The zero-order chi connectivity index (χ0) is 24.8. The second kappa shape index (κ2) is 10.6. The summed E-state index contributed by atoms with van der Waals surface area (Å²) < 4.78 is 25.2. The molecule has 3 aromatic rings. The van der Waals surface area contributed by atoms with Gasteiger partial charge in [0, 0.05) is 18.3 Å². The molecule has 0 aliphatic rings. The Kier molecular flexibility index (Phi) is 7.83. The minimum Gasteiger partial charge on any atom is -0.339 e. The number of nitrogens with one attached hydrogen (secondary N) is 2. The molecule has 2 aromatic carbocycles. The van der Waals surface area contributed by atoms with E-state index in [1.165, 1.54) is 18.3 Å². The molecule has 1 heterocycles. The summed E-state index contributed by atoms with van der Waals surface area (Å²) in [5.74, 6) is -0.858. The number of amides is 2. The molecule has 0 spiro atoms. The third kappa shape index (κ3) is 7.25. The van der Waals surface area contributed by atoms with Crippen molar-refractivity contribution < 1.29 is 18.0 Å². The number of benzene rings is 2. The maximum Gasteiger partial charge on any atom is 0.270 e. The maximum atomic E-state index is 13.1. The van der Waals surface area contributed by atoms with Gasteiger partial charge >= 0.3 is 0 Å². The van der Waals surface area contributed by atoms with E-state index in [1.807, 2.05) is 51.1 Å². The predicted octanol–water partition coefficient (Wildman–Crippen LogP) is 3.88. The molecule has 1 atom stereocenters. The summed E-state index contributed by atoms with van der Waals surface area (Å²) in [6.07, 6.45) is 1.79. The molecule has 1 aromatic heterocycles. The fraction of sp³-hybridized carbons (Fsp3) is 0.269. The Morgan fingerprint density at radius 2 is 1.56 bits per heavy atom. The monoisotopic (exact) mass is 479 g/mol. The van der Waals surface area contributed by atoms with Gasteiger partial charge in [0.15, 0.2) is 9.84 Å². The van der Waals surface area contributed by atoms with E-state index in [0.717, 1.165) is 5.56 Å². The number of carbonyl (C=O) groups is 2. The first-order valence-electron chi connectivity index (χ1n) is 10.9. The largest absolute Gasteiger partial charge is 0.339 e. The smallest absolute Gasteiger partial charge is 0.270 e. The molecule has 0 bridgehead atoms. The standard InChI is InChI=1S/C26H29N3O4S/c1-26(2,3)18-34(32,33)21-14-12-20(13-15-21)28-25(31)23(17-19-9-5-4-6-10-19)29-24(30)22-11-7-8-16-27-22/h4-16,23H,17-18H2,1-3H3,(H,28,31)(H,29,30)/t23-/m0/s1. The lowest BCUT2D eigenvalue weighted by Crippen LogP contribution is -2.45. The molecular formula is C26H29N3O4S. The van der Waals surface area contributed by atoms with Crippen molar-refractivity contribution in [3.8, 4) is 0 Å². The Hall–Kier alpha value is -3.52. The third-order valence-corrected chi connectivity index (χ3v) is 7.14. The number of hydrogen-bond donors (Lipinski definition) is 2. The highest BCUT2D eigenvalue weighted by atomic mass is 32.2. The highest BCUT2D eigenvalue weighted by molar-refractivity contribution is 7.91. The first kappa shape index (κ1) is 25.1. The molecule has 0 radical (unpaired) electrons. The SMILES string of the molecule is CC(C)(C)CS(=O)(=O)c1ccc(NC(=O)[C@H](Cc2ccccc2)NC(=O)c2ccccn2)cc1. The summed E-state index contributed by atoms with van der Waals surface area (Å²) in [5.41, 5.74) is 1.15. The minimum atomic E-state index is -3.44. The number of pyridine rings is 1. The van der Waals surface area contributed by atoms with Crippen LogP contribution < -0.4 is 10.6 Å². The molecule has 0 aliphatic carbocycles. The average molecular weight is 480 g/mol. The second-order valence-electron chi connectivity index (χ2n) is 9.26. The predicted molar refractivity (Wildman–Crippen MR) is 132 cm³/mol. The van der Waals surface area contributed by atoms with Gasteiger partial charge in [0.2, 0.25) is 5.91 Å². The van der Waals surface area contributed by atoms with Crippen LogP contribution in [0.1, 0.15) is 36.8 Å². The molecule has 2 N–H and O–H groups in total. The van der Waals surface area contributed by atoms with Crippen molar-refractivity contribution in [1.82, 2.24) is 10.3 Å². The van der Waals surface area contributed by atoms with Crippen LogP contribution in [0.2, 0.25) is 0 Å². The lowest BCUT2D eigenvalue weighted by atomic mass is 10.0. The molecule has 7 nitrogen and oxygen atoms in total. The van der Waals surface area contributed by atoms with Crippen molar-refractivity contribution >= 4 is 27.3 Å². The van der Waals surface area contributed by atoms with E-state index in [1.54, 1.807) is 30.3 Å². The van der Waals surface area contributed by atoms with Crippen molar-refractivity contribution in [3.63, 3.8) is 0 Å². The number of rotatable bonds is 8. The van der Waals surface area contributed by atoms with E-state index in [-0.39, 0.29) is 28.2 Å². The summed E-state index contributed by atoms with van der Waals surface area (Å²) in [6.45, 7) is 5.60. The fourth-order valence-electron chi connectivity index (χ4n) is 3.42. The number of nitrogens with zero attached hydrogens (tertiary/aromatic N) is 1. The van der Waals surface area contributed by atoms with Crippen LogP contribution in [0.15, 0.2) is 83.9 Å². The van der Waals surface area contributed by atoms with Gasteiger partial charge in [-0.25, -0.2) is 8.42 Å². The molecule has 178 valence electrons. The van der Waals surface area contributed by atoms with Crippen LogP contribution in [0.5, 0.6) is 0 Å². The Bertz CT molecular complexity index is 1220. The zero-order valence-corrected chi connectivity index (χ0v) is 20.3. The van der Waals surface area contributed by atoms with Crippen molar-refractivity contribution in [2.24, 2.45) is 5.41 Å². The van der Waals surface area contributed by atoms with Gasteiger partial charge in [-0.15, -0.1) is 0 Å². The van der Waals surface area contributed by atoms with Gasteiger partial charge in [0.05, 0.1) is 10.6 Å². The summed E-state index contributed by atoms with van der Waals surface area (Å²) in [6, 6.07) is 19.5. The molecule has 0 saturated carbocycles. The van der Waals surface area contributed by atoms with Gasteiger partial charge in [-0.3, -0.25) is 14.6 Å². The highest BCUT2D eigenvalue weighted by Crippen LogP contribution is 2.23. The molecule has 2 amide bonds. The Morgan fingerprint density at radius 1 is 0.912 bits per heavy atom. The molecule has 0 saturated heterocycles. The molecule has 0 unspecified atom stereocenters.